The van der Waals surface area contributed by atoms with Gasteiger partial charge in [0.25, 0.3) is 5.56 Å². The van der Waals surface area contributed by atoms with Gasteiger partial charge in [-0.2, -0.15) is 5.10 Å². The monoisotopic (exact) mass is 312 g/mol. The predicted molar refractivity (Wildman–Crippen MR) is 87.2 cm³/mol. The number of halogens is 1. The van der Waals surface area contributed by atoms with Crippen LogP contribution in [-0.4, -0.2) is 40.4 Å². The minimum atomic E-state index is -0.196. The Labute approximate surface area is 131 Å². The number of anilines is 1. The Bertz CT molecular complexity index is 517. The Hall–Kier alpha value is -1.07. The van der Waals surface area contributed by atoms with E-state index in [2.05, 4.69) is 29.2 Å². The fourth-order valence-electron chi connectivity index (χ4n) is 2.71. The number of unbranched alkanes of at least 4 members (excludes halogenated alkanes) is 1. The zero-order chi connectivity index (χ0) is 15.2. The van der Waals surface area contributed by atoms with E-state index < -0.39 is 0 Å². The van der Waals surface area contributed by atoms with Crippen molar-refractivity contribution in [2.45, 2.75) is 52.1 Å². The molecular formula is C15H25ClN4O. The lowest BCUT2D eigenvalue weighted by Crippen LogP contribution is -2.42. The van der Waals surface area contributed by atoms with Crippen LogP contribution in [0.25, 0.3) is 0 Å². The normalized spacial score (nSPS) is 19.7. The van der Waals surface area contributed by atoms with Gasteiger partial charge in [-0.25, -0.2) is 4.68 Å². The first kappa shape index (κ1) is 16.3. The number of likely N-dealkylation sites (N-methyl/N-ethyl adjacent to an activating group) is 1. The fourth-order valence-corrected chi connectivity index (χ4v) is 2.91. The lowest BCUT2D eigenvalue weighted by atomic mass is 10.1. The molecule has 0 spiro atoms. The molecule has 1 unspecified atom stereocenters. The van der Waals surface area contributed by atoms with Gasteiger partial charge < -0.3 is 10.2 Å². The molecule has 0 aliphatic carbocycles. The topological polar surface area (TPSA) is 50.2 Å². The second-order valence-corrected chi connectivity index (χ2v) is 6.01. The summed E-state index contributed by atoms with van der Waals surface area (Å²) in [5, 5.41) is 7.87. The van der Waals surface area contributed by atoms with Crippen molar-refractivity contribution >= 4 is 17.3 Å². The van der Waals surface area contributed by atoms with E-state index in [1.54, 1.807) is 6.20 Å². The average molecular weight is 313 g/mol. The molecule has 21 heavy (non-hydrogen) atoms. The summed E-state index contributed by atoms with van der Waals surface area (Å²) in [4.78, 5) is 14.6. The molecule has 6 heteroatoms. The van der Waals surface area contributed by atoms with E-state index in [0.717, 1.165) is 38.9 Å². The number of aromatic nitrogens is 2. The summed E-state index contributed by atoms with van der Waals surface area (Å²) in [5.74, 6) is 0. The second kappa shape index (κ2) is 7.80. The minimum Gasteiger partial charge on any atom is -0.378 e. The lowest BCUT2D eigenvalue weighted by molar-refractivity contribution is 0.227. The number of hydrogen-bond acceptors (Lipinski definition) is 4. The minimum absolute atomic E-state index is 0.196. The van der Waals surface area contributed by atoms with E-state index in [-0.39, 0.29) is 10.6 Å². The molecule has 0 bridgehead atoms. The molecule has 1 N–H and O–H groups in total. The molecule has 2 rings (SSSR count). The standard InChI is InChI=1S/C15H25ClN4O/c1-3-5-9-20-15(21)14(16)13(10-17-20)18-12-7-6-8-19(4-2)11-12/h10,12,18H,3-9,11H2,1-2H3. The first-order valence-corrected chi connectivity index (χ1v) is 8.28. The van der Waals surface area contributed by atoms with Crippen molar-refractivity contribution in [2.24, 2.45) is 0 Å². The molecule has 0 amide bonds. The third kappa shape index (κ3) is 4.20. The number of rotatable bonds is 6. The predicted octanol–water partition coefficient (Wildman–Crippen LogP) is 2.59. The quantitative estimate of drug-likeness (QED) is 0.877. The zero-order valence-corrected chi connectivity index (χ0v) is 13.7. The van der Waals surface area contributed by atoms with Crippen LogP contribution in [0.3, 0.4) is 0 Å². The average Bonchev–Trinajstić information content (AvgIpc) is 2.51. The third-order valence-electron chi connectivity index (χ3n) is 4.02. The van der Waals surface area contributed by atoms with Crippen LogP contribution in [0, 0.1) is 0 Å². The zero-order valence-electron chi connectivity index (χ0n) is 12.9. The van der Waals surface area contributed by atoms with Gasteiger partial charge in [0.15, 0.2) is 0 Å². The molecule has 1 fully saturated rings. The maximum absolute atomic E-state index is 12.2. The number of likely N-dealkylation sites (tertiary alicyclic amines) is 1. The third-order valence-corrected chi connectivity index (χ3v) is 4.39. The number of nitrogens with zero attached hydrogens (tertiary/aromatic N) is 3. The van der Waals surface area contributed by atoms with Crippen molar-refractivity contribution in [1.29, 1.82) is 0 Å². The van der Waals surface area contributed by atoms with Gasteiger partial charge in [-0.3, -0.25) is 4.79 Å². The van der Waals surface area contributed by atoms with Crippen LogP contribution in [0.15, 0.2) is 11.0 Å². The molecule has 0 saturated carbocycles. The van der Waals surface area contributed by atoms with E-state index >= 15 is 0 Å². The van der Waals surface area contributed by atoms with Crippen molar-refractivity contribution in [3.05, 3.63) is 21.6 Å². The van der Waals surface area contributed by atoms with Gasteiger partial charge in [0.05, 0.1) is 11.9 Å². The highest BCUT2D eigenvalue weighted by Crippen LogP contribution is 2.20. The van der Waals surface area contributed by atoms with E-state index in [1.807, 2.05) is 0 Å². The highest BCUT2D eigenvalue weighted by molar-refractivity contribution is 6.32. The molecule has 1 aliphatic rings. The summed E-state index contributed by atoms with van der Waals surface area (Å²) in [6.45, 7) is 8.09. The van der Waals surface area contributed by atoms with Crippen molar-refractivity contribution in [3.63, 3.8) is 0 Å². The second-order valence-electron chi connectivity index (χ2n) is 5.63. The van der Waals surface area contributed by atoms with Gasteiger partial charge in [-0.05, 0) is 32.4 Å². The first-order valence-electron chi connectivity index (χ1n) is 7.90. The number of hydrogen-bond donors (Lipinski definition) is 1. The molecule has 1 aromatic heterocycles. The van der Waals surface area contributed by atoms with E-state index in [4.69, 9.17) is 11.6 Å². The van der Waals surface area contributed by atoms with E-state index in [0.29, 0.717) is 18.3 Å². The van der Waals surface area contributed by atoms with Crippen LogP contribution in [0.2, 0.25) is 5.02 Å². The molecule has 1 aliphatic heterocycles. The molecule has 118 valence electrons. The van der Waals surface area contributed by atoms with Gasteiger partial charge in [0.1, 0.15) is 5.02 Å². The van der Waals surface area contributed by atoms with Crippen molar-refractivity contribution in [2.75, 3.05) is 25.0 Å². The van der Waals surface area contributed by atoms with Gasteiger partial charge in [-0.1, -0.05) is 31.9 Å². The summed E-state index contributed by atoms with van der Waals surface area (Å²) < 4.78 is 1.45. The lowest BCUT2D eigenvalue weighted by Gasteiger charge is -2.32. The summed E-state index contributed by atoms with van der Waals surface area (Å²) in [6, 6.07) is 0.337. The molecular weight excluding hydrogens is 288 g/mol. The maximum Gasteiger partial charge on any atom is 0.287 e. The number of nitrogens with one attached hydrogen (secondary N) is 1. The SMILES string of the molecule is CCCCn1ncc(NC2CCCN(CC)C2)c(Cl)c1=O. The Morgan fingerprint density at radius 3 is 3.00 bits per heavy atom. The Morgan fingerprint density at radius 2 is 2.29 bits per heavy atom. The number of aryl methyl sites for hydroxylation is 1. The van der Waals surface area contributed by atoms with E-state index in [1.165, 1.54) is 11.1 Å². The van der Waals surface area contributed by atoms with Crippen molar-refractivity contribution in [3.8, 4) is 0 Å². The molecule has 1 saturated heterocycles. The van der Waals surface area contributed by atoms with Crippen molar-refractivity contribution in [1.82, 2.24) is 14.7 Å². The Kier molecular flexibility index (Phi) is 6.06. The molecule has 0 radical (unpaired) electrons. The smallest absolute Gasteiger partial charge is 0.287 e. The van der Waals surface area contributed by atoms with Gasteiger partial charge in [0.2, 0.25) is 0 Å². The largest absolute Gasteiger partial charge is 0.378 e. The Morgan fingerprint density at radius 1 is 1.48 bits per heavy atom. The fraction of sp³-hybridized carbons (Fsp3) is 0.733. The highest BCUT2D eigenvalue weighted by atomic mass is 35.5. The summed E-state index contributed by atoms with van der Waals surface area (Å²) in [5.41, 5.74) is 0.468. The summed E-state index contributed by atoms with van der Waals surface area (Å²) in [6.07, 6.45) is 5.92. The van der Waals surface area contributed by atoms with Crippen LogP contribution in [0.1, 0.15) is 39.5 Å². The van der Waals surface area contributed by atoms with Crippen LogP contribution >= 0.6 is 11.6 Å². The molecule has 1 aromatic rings. The Balaban J connectivity index is 2.06. The van der Waals surface area contributed by atoms with Crippen LogP contribution in [0.5, 0.6) is 0 Å². The van der Waals surface area contributed by atoms with Gasteiger partial charge in [-0.15, -0.1) is 0 Å². The van der Waals surface area contributed by atoms with Crippen LogP contribution in [-0.2, 0) is 6.54 Å². The highest BCUT2D eigenvalue weighted by Gasteiger charge is 2.20. The summed E-state index contributed by atoms with van der Waals surface area (Å²) >= 11 is 6.22. The van der Waals surface area contributed by atoms with Crippen LogP contribution < -0.4 is 10.9 Å². The van der Waals surface area contributed by atoms with Crippen molar-refractivity contribution < 1.29 is 0 Å². The molecule has 1 atom stereocenters. The molecule has 0 aromatic carbocycles. The molecule has 5 nitrogen and oxygen atoms in total. The van der Waals surface area contributed by atoms with Gasteiger partial charge >= 0.3 is 0 Å². The summed E-state index contributed by atoms with van der Waals surface area (Å²) in [7, 11) is 0. The number of piperidine rings is 1. The van der Waals surface area contributed by atoms with Crippen LogP contribution in [0.4, 0.5) is 5.69 Å². The first-order chi connectivity index (χ1) is 10.2. The molecule has 2 heterocycles. The maximum atomic E-state index is 12.2. The van der Waals surface area contributed by atoms with E-state index in [9.17, 15) is 4.79 Å². The van der Waals surface area contributed by atoms with Gasteiger partial charge in [0, 0.05) is 19.1 Å².